The lowest BCUT2D eigenvalue weighted by Gasteiger charge is -2.12. The van der Waals surface area contributed by atoms with E-state index in [2.05, 4.69) is 0 Å². The van der Waals surface area contributed by atoms with E-state index in [1.165, 1.54) is 0 Å². The van der Waals surface area contributed by atoms with Crippen molar-refractivity contribution in [1.29, 1.82) is 0 Å². The second kappa shape index (κ2) is 7.27. The molecule has 3 nitrogen and oxygen atoms in total. The van der Waals surface area contributed by atoms with E-state index in [9.17, 15) is 4.21 Å². The zero-order valence-electron chi connectivity index (χ0n) is 11.4. The summed E-state index contributed by atoms with van der Waals surface area (Å²) in [6.45, 7) is 0.484. The van der Waals surface area contributed by atoms with Crippen molar-refractivity contribution in [3.8, 4) is 11.5 Å². The van der Waals surface area contributed by atoms with Crippen molar-refractivity contribution < 1.29 is 8.95 Å². The van der Waals surface area contributed by atoms with E-state index in [-0.39, 0.29) is 0 Å². The van der Waals surface area contributed by atoms with E-state index in [0.717, 1.165) is 10.5 Å². The predicted molar refractivity (Wildman–Crippen MR) is 88.1 cm³/mol. The second-order valence-electron chi connectivity index (χ2n) is 4.44. The van der Waals surface area contributed by atoms with Crippen LogP contribution in [0.15, 0.2) is 41.3 Å². The average Bonchev–Trinajstić information content (AvgIpc) is 2.45. The summed E-state index contributed by atoms with van der Waals surface area (Å²) in [6, 6.07) is 10.5. The molecule has 1 atom stereocenters. The molecule has 0 bridgehead atoms. The van der Waals surface area contributed by atoms with Crippen molar-refractivity contribution in [3.63, 3.8) is 0 Å². The largest absolute Gasteiger partial charge is 0.457 e. The summed E-state index contributed by atoms with van der Waals surface area (Å²) in [5.74, 6) is 1.26. The summed E-state index contributed by atoms with van der Waals surface area (Å²) >= 11 is 11.9. The van der Waals surface area contributed by atoms with Crippen molar-refractivity contribution in [2.45, 2.75) is 11.3 Å². The van der Waals surface area contributed by atoms with Gasteiger partial charge in [0, 0.05) is 28.0 Å². The van der Waals surface area contributed by atoms with Crippen molar-refractivity contribution >= 4 is 34.0 Å². The number of benzene rings is 2. The summed E-state index contributed by atoms with van der Waals surface area (Å²) < 4.78 is 17.4. The Labute approximate surface area is 136 Å². The van der Waals surface area contributed by atoms with Gasteiger partial charge in [-0.1, -0.05) is 23.2 Å². The molecular formula is C15H15Cl2NO2S. The van der Waals surface area contributed by atoms with Crippen LogP contribution in [-0.2, 0) is 17.2 Å². The average molecular weight is 344 g/mol. The van der Waals surface area contributed by atoms with E-state index >= 15 is 0 Å². The first kappa shape index (κ1) is 16.3. The van der Waals surface area contributed by atoms with E-state index in [1.54, 1.807) is 36.6 Å². The van der Waals surface area contributed by atoms with Crippen LogP contribution < -0.4 is 10.5 Å². The van der Waals surface area contributed by atoms with Crippen LogP contribution in [0.2, 0.25) is 10.0 Å². The summed E-state index contributed by atoms with van der Waals surface area (Å²) in [5, 5.41) is 0.906. The Morgan fingerprint density at radius 3 is 2.52 bits per heavy atom. The maximum atomic E-state index is 11.6. The first-order valence-electron chi connectivity index (χ1n) is 6.30. The highest BCUT2D eigenvalue weighted by atomic mass is 35.5. The van der Waals surface area contributed by atoms with Gasteiger partial charge in [-0.05, 0) is 48.9 Å². The first-order chi connectivity index (χ1) is 10.0. The fourth-order valence-corrected chi connectivity index (χ4v) is 2.71. The number of nitrogens with two attached hydrogens (primary N) is 1. The molecule has 0 spiro atoms. The van der Waals surface area contributed by atoms with Crippen molar-refractivity contribution in [1.82, 2.24) is 0 Å². The first-order valence-corrected chi connectivity index (χ1v) is 8.62. The molecule has 0 heterocycles. The fraction of sp³-hybridized carbons (Fsp3) is 0.200. The zero-order valence-corrected chi connectivity index (χ0v) is 13.8. The third-order valence-corrected chi connectivity index (χ3v) is 4.55. The normalized spacial score (nSPS) is 12.2. The summed E-state index contributed by atoms with van der Waals surface area (Å²) in [4.78, 5) is 0.750. The van der Waals surface area contributed by atoms with Crippen LogP contribution in [0, 0.1) is 0 Å². The highest BCUT2D eigenvalue weighted by Gasteiger charge is 2.09. The number of rotatable bonds is 5. The predicted octanol–water partition coefficient (Wildman–Crippen LogP) is 4.02. The van der Waals surface area contributed by atoms with Gasteiger partial charge in [0.1, 0.15) is 11.5 Å². The van der Waals surface area contributed by atoms with Crippen LogP contribution in [0.5, 0.6) is 11.5 Å². The monoisotopic (exact) mass is 343 g/mol. The van der Waals surface area contributed by atoms with Crippen LogP contribution in [0.25, 0.3) is 0 Å². The smallest absolute Gasteiger partial charge is 0.130 e. The van der Waals surface area contributed by atoms with Crippen LogP contribution in [-0.4, -0.2) is 17.0 Å². The number of halogens is 2. The van der Waals surface area contributed by atoms with Gasteiger partial charge in [0.2, 0.25) is 0 Å². The number of hydrogen-bond donors (Lipinski definition) is 1. The van der Waals surface area contributed by atoms with Gasteiger partial charge in [-0.15, -0.1) is 0 Å². The van der Waals surface area contributed by atoms with Gasteiger partial charge in [-0.2, -0.15) is 0 Å². The summed E-state index contributed by atoms with van der Waals surface area (Å²) in [6.07, 6.45) is 2.28. The minimum atomic E-state index is -1.04. The maximum absolute atomic E-state index is 11.6. The molecule has 6 heteroatoms. The molecule has 0 aliphatic carbocycles. The molecule has 0 saturated heterocycles. The molecule has 2 rings (SSSR count). The summed E-state index contributed by atoms with van der Waals surface area (Å²) in [7, 11) is -1.04. The van der Waals surface area contributed by atoms with Crippen LogP contribution in [0.1, 0.15) is 5.56 Å². The Hall–Kier alpha value is -1.07. The van der Waals surface area contributed by atoms with Gasteiger partial charge in [-0.3, -0.25) is 4.21 Å². The molecule has 2 aromatic rings. The van der Waals surface area contributed by atoms with Gasteiger partial charge in [0.05, 0.1) is 10.0 Å². The topological polar surface area (TPSA) is 52.3 Å². The highest BCUT2D eigenvalue weighted by Crippen LogP contribution is 2.31. The quantitative estimate of drug-likeness (QED) is 0.891. The molecule has 2 aromatic carbocycles. The molecule has 0 aliphatic rings. The maximum Gasteiger partial charge on any atom is 0.130 e. The van der Waals surface area contributed by atoms with E-state index in [1.807, 2.05) is 6.07 Å². The summed E-state index contributed by atoms with van der Waals surface area (Å²) in [5.41, 5.74) is 6.54. The highest BCUT2D eigenvalue weighted by molar-refractivity contribution is 7.84. The Kier molecular flexibility index (Phi) is 5.65. The minimum Gasteiger partial charge on any atom is -0.457 e. The van der Waals surface area contributed by atoms with Gasteiger partial charge in [0.25, 0.3) is 0 Å². The van der Waals surface area contributed by atoms with Crippen molar-refractivity contribution in [3.05, 3.63) is 52.0 Å². The standard InChI is InChI=1S/C15H15Cl2NO2S/c1-21(19)12-3-5-15(10(8-12)6-7-18)20-11-2-4-13(16)14(17)9-11/h2-5,8-9H,6-7,18H2,1H3. The molecule has 0 saturated carbocycles. The van der Waals surface area contributed by atoms with E-state index < -0.39 is 10.8 Å². The third kappa shape index (κ3) is 4.20. The molecule has 0 aliphatic heterocycles. The third-order valence-electron chi connectivity index (χ3n) is 2.90. The minimum absolute atomic E-state index is 0.431. The molecule has 0 aromatic heterocycles. The zero-order chi connectivity index (χ0) is 15.4. The van der Waals surface area contributed by atoms with Gasteiger partial charge in [0.15, 0.2) is 0 Å². The lowest BCUT2D eigenvalue weighted by molar-refractivity contribution is 0.475. The Bertz CT molecular complexity index is 677. The lowest BCUT2D eigenvalue weighted by atomic mass is 10.1. The molecule has 0 fully saturated rings. The van der Waals surface area contributed by atoms with Gasteiger partial charge in [-0.25, -0.2) is 0 Å². The molecule has 0 radical (unpaired) electrons. The molecule has 21 heavy (non-hydrogen) atoms. The van der Waals surface area contributed by atoms with Crippen LogP contribution in [0.4, 0.5) is 0 Å². The molecule has 2 N–H and O–H groups in total. The molecule has 112 valence electrons. The lowest BCUT2D eigenvalue weighted by Crippen LogP contribution is -2.05. The SMILES string of the molecule is CS(=O)c1ccc(Oc2ccc(Cl)c(Cl)c2)c(CCN)c1. The molecule has 0 amide bonds. The van der Waals surface area contributed by atoms with Gasteiger partial charge >= 0.3 is 0 Å². The van der Waals surface area contributed by atoms with Crippen LogP contribution in [0.3, 0.4) is 0 Å². The van der Waals surface area contributed by atoms with Crippen molar-refractivity contribution in [2.24, 2.45) is 5.73 Å². The van der Waals surface area contributed by atoms with E-state index in [4.69, 9.17) is 33.7 Å². The Balaban J connectivity index is 2.33. The van der Waals surface area contributed by atoms with Gasteiger partial charge < -0.3 is 10.5 Å². The number of ether oxygens (including phenoxy) is 1. The Morgan fingerprint density at radius 1 is 1.14 bits per heavy atom. The van der Waals surface area contributed by atoms with Crippen molar-refractivity contribution in [2.75, 3.05) is 12.8 Å². The molecular weight excluding hydrogens is 329 g/mol. The number of hydrogen-bond acceptors (Lipinski definition) is 3. The Morgan fingerprint density at radius 2 is 1.90 bits per heavy atom. The van der Waals surface area contributed by atoms with Crippen LogP contribution >= 0.6 is 23.2 Å². The van der Waals surface area contributed by atoms with E-state index in [0.29, 0.717) is 34.5 Å². The second-order valence-corrected chi connectivity index (χ2v) is 6.63. The fourth-order valence-electron chi connectivity index (χ4n) is 1.85. The molecule has 1 unspecified atom stereocenters.